The second kappa shape index (κ2) is 8.59. The van der Waals surface area contributed by atoms with E-state index < -0.39 is 0 Å². The van der Waals surface area contributed by atoms with E-state index >= 15 is 0 Å². The van der Waals surface area contributed by atoms with Gasteiger partial charge in [-0.3, -0.25) is 4.98 Å². The molecule has 0 saturated heterocycles. The highest BCUT2D eigenvalue weighted by Crippen LogP contribution is 2.40. The summed E-state index contributed by atoms with van der Waals surface area (Å²) in [6.45, 7) is 0.596. The number of fused-ring (bicyclic) bond motifs is 3. The minimum atomic E-state index is -0.0465. The molecule has 0 saturated carbocycles. The molecule has 31 heavy (non-hydrogen) atoms. The van der Waals surface area contributed by atoms with E-state index in [9.17, 15) is 0 Å². The summed E-state index contributed by atoms with van der Waals surface area (Å²) in [5.41, 5.74) is 9.39. The maximum atomic E-state index is 6.54. The Bertz CT molecular complexity index is 1340. The normalized spacial score (nSPS) is 12.3. The summed E-state index contributed by atoms with van der Waals surface area (Å²) in [5, 5.41) is 5.12. The molecule has 154 valence electrons. The van der Waals surface area contributed by atoms with Crippen LogP contribution < -0.4 is 11.1 Å². The summed E-state index contributed by atoms with van der Waals surface area (Å²) in [6, 6.07) is 19.9. The Hall–Kier alpha value is -3.06. The van der Waals surface area contributed by atoms with Gasteiger partial charge in [-0.25, -0.2) is 9.97 Å². The highest BCUT2D eigenvalue weighted by molar-refractivity contribution is 7.26. The third-order valence-electron chi connectivity index (χ3n) is 5.10. The fourth-order valence-corrected chi connectivity index (χ4v) is 5.07. The van der Waals surface area contributed by atoms with Crippen LogP contribution in [0.15, 0.2) is 73.1 Å². The summed E-state index contributed by atoms with van der Waals surface area (Å²) in [7, 11) is 0. The molecule has 0 unspecified atom stereocenters. The summed E-state index contributed by atoms with van der Waals surface area (Å²) in [4.78, 5) is 13.8. The lowest BCUT2D eigenvalue weighted by Crippen LogP contribution is -2.31. The van der Waals surface area contributed by atoms with Gasteiger partial charge in [0.1, 0.15) is 5.82 Å². The number of pyridine rings is 1. The number of nitrogens with two attached hydrogens (primary N) is 1. The first-order chi connectivity index (χ1) is 15.2. The Kier molecular flexibility index (Phi) is 5.51. The van der Waals surface area contributed by atoms with Crippen LogP contribution in [0.5, 0.6) is 0 Å². The quantitative estimate of drug-likeness (QED) is 0.358. The van der Waals surface area contributed by atoms with Gasteiger partial charge in [0.05, 0.1) is 15.2 Å². The minimum Gasteiger partial charge on any atom is -0.367 e. The first-order valence-corrected chi connectivity index (χ1v) is 11.2. The second-order valence-electron chi connectivity index (χ2n) is 7.36. The lowest BCUT2D eigenvalue weighted by Gasteiger charge is -2.14. The van der Waals surface area contributed by atoms with E-state index in [0.717, 1.165) is 38.1 Å². The van der Waals surface area contributed by atoms with Crippen molar-refractivity contribution in [2.75, 3.05) is 11.9 Å². The van der Waals surface area contributed by atoms with Gasteiger partial charge in [-0.1, -0.05) is 48.0 Å². The fraction of sp³-hybridized carbons (Fsp3) is 0.125. The number of halogens is 1. The number of rotatable bonds is 6. The van der Waals surface area contributed by atoms with Crippen LogP contribution in [0.4, 0.5) is 5.82 Å². The lowest BCUT2D eigenvalue weighted by molar-refractivity contribution is 0.698. The fourth-order valence-electron chi connectivity index (χ4n) is 3.61. The van der Waals surface area contributed by atoms with Crippen LogP contribution in [0.3, 0.4) is 0 Å². The van der Waals surface area contributed by atoms with Gasteiger partial charge in [0.2, 0.25) is 0 Å². The molecule has 2 aromatic carbocycles. The van der Waals surface area contributed by atoms with Crippen molar-refractivity contribution in [3.63, 3.8) is 0 Å². The summed E-state index contributed by atoms with van der Waals surface area (Å²) >= 11 is 8.18. The Labute approximate surface area is 188 Å². The molecule has 0 aliphatic rings. The molecule has 0 amide bonds. The van der Waals surface area contributed by atoms with Crippen LogP contribution in [0.2, 0.25) is 5.02 Å². The van der Waals surface area contributed by atoms with Gasteiger partial charge in [-0.2, -0.15) is 0 Å². The number of hydrogen-bond acceptors (Lipinski definition) is 6. The van der Waals surface area contributed by atoms with E-state index in [1.165, 1.54) is 5.56 Å². The maximum absolute atomic E-state index is 6.54. The Morgan fingerprint density at radius 3 is 2.58 bits per heavy atom. The van der Waals surface area contributed by atoms with Crippen molar-refractivity contribution in [2.45, 2.75) is 12.5 Å². The molecule has 0 bridgehead atoms. The van der Waals surface area contributed by atoms with E-state index in [0.29, 0.717) is 17.4 Å². The zero-order valence-electron chi connectivity index (χ0n) is 16.6. The predicted molar refractivity (Wildman–Crippen MR) is 130 cm³/mol. The molecule has 5 rings (SSSR count). The SMILES string of the molecule is N[C@H](CNc1nc(-c2ccncc2)nc2c1sc1cccc(Cl)c12)Cc1ccccc1. The summed E-state index contributed by atoms with van der Waals surface area (Å²) in [5.74, 6) is 1.41. The number of hydrogen-bond donors (Lipinski definition) is 2. The molecule has 0 spiro atoms. The van der Waals surface area contributed by atoms with Crippen LogP contribution in [-0.4, -0.2) is 27.5 Å². The van der Waals surface area contributed by atoms with Gasteiger partial charge >= 0.3 is 0 Å². The van der Waals surface area contributed by atoms with Crippen LogP contribution >= 0.6 is 22.9 Å². The Morgan fingerprint density at radius 2 is 1.77 bits per heavy atom. The van der Waals surface area contributed by atoms with Crippen molar-refractivity contribution in [1.82, 2.24) is 15.0 Å². The Balaban J connectivity index is 1.54. The highest BCUT2D eigenvalue weighted by Gasteiger charge is 2.17. The lowest BCUT2D eigenvalue weighted by atomic mass is 10.1. The number of nitrogens with zero attached hydrogens (tertiary/aromatic N) is 3. The molecule has 0 radical (unpaired) electrons. The van der Waals surface area contributed by atoms with Crippen molar-refractivity contribution in [2.24, 2.45) is 5.73 Å². The number of benzene rings is 2. The van der Waals surface area contributed by atoms with Crippen LogP contribution in [-0.2, 0) is 6.42 Å². The van der Waals surface area contributed by atoms with Crippen molar-refractivity contribution < 1.29 is 0 Å². The molecule has 3 N–H and O–H groups in total. The van der Waals surface area contributed by atoms with Crippen molar-refractivity contribution in [3.8, 4) is 11.4 Å². The van der Waals surface area contributed by atoms with Crippen molar-refractivity contribution in [3.05, 3.63) is 83.6 Å². The Morgan fingerprint density at radius 1 is 0.968 bits per heavy atom. The molecule has 0 fully saturated rings. The number of anilines is 1. The maximum Gasteiger partial charge on any atom is 0.162 e. The van der Waals surface area contributed by atoms with Gasteiger partial charge in [0.25, 0.3) is 0 Å². The highest BCUT2D eigenvalue weighted by atomic mass is 35.5. The van der Waals surface area contributed by atoms with Gasteiger partial charge in [0.15, 0.2) is 5.82 Å². The monoisotopic (exact) mass is 445 g/mol. The average Bonchev–Trinajstić information content (AvgIpc) is 3.19. The van der Waals surface area contributed by atoms with Crippen LogP contribution in [0.1, 0.15) is 5.56 Å². The zero-order chi connectivity index (χ0) is 21.2. The molecule has 5 aromatic rings. The topological polar surface area (TPSA) is 76.7 Å². The molecule has 3 heterocycles. The van der Waals surface area contributed by atoms with Crippen LogP contribution in [0.25, 0.3) is 31.7 Å². The standard InChI is InChI=1S/C24H20ClN5S/c25-18-7-4-8-19-20(18)21-22(31-19)24(30-23(29-21)16-9-11-27-12-10-16)28-14-17(26)13-15-5-2-1-3-6-15/h1-12,17H,13-14,26H2,(H,28,29,30)/t17-/m0/s1. The van der Waals surface area contributed by atoms with Crippen LogP contribution in [0, 0.1) is 0 Å². The zero-order valence-corrected chi connectivity index (χ0v) is 18.2. The second-order valence-corrected chi connectivity index (χ2v) is 8.81. The molecule has 7 heteroatoms. The first-order valence-electron chi connectivity index (χ1n) is 10.0. The number of nitrogens with one attached hydrogen (secondary N) is 1. The first kappa shape index (κ1) is 19.9. The van der Waals surface area contributed by atoms with Crippen molar-refractivity contribution in [1.29, 1.82) is 0 Å². The molecular formula is C24H20ClN5S. The molecule has 5 nitrogen and oxygen atoms in total. The van der Waals surface area contributed by atoms with Gasteiger partial charge < -0.3 is 11.1 Å². The van der Waals surface area contributed by atoms with E-state index in [1.807, 2.05) is 42.5 Å². The average molecular weight is 446 g/mol. The predicted octanol–water partition coefficient (Wildman–Crippen LogP) is 5.54. The number of aromatic nitrogens is 3. The summed E-state index contributed by atoms with van der Waals surface area (Å²) in [6.07, 6.45) is 4.27. The van der Waals surface area contributed by atoms with E-state index in [1.54, 1.807) is 23.7 Å². The minimum absolute atomic E-state index is 0.0465. The van der Waals surface area contributed by atoms with E-state index in [2.05, 4.69) is 28.5 Å². The van der Waals surface area contributed by atoms with E-state index in [4.69, 9.17) is 27.3 Å². The molecule has 3 aromatic heterocycles. The third-order valence-corrected chi connectivity index (χ3v) is 6.57. The molecular weight excluding hydrogens is 426 g/mol. The number of thiophene rings is 1. The smallest absolute Gasteiger partial charge is 0.162 e. The molecule has 0 aliphatic carbocycles. The summed E-state index contributed by atoms with van der Waals surface area (Å²) < 4.78 is 2.06. The van der Waals surface area contributed by atoms with Gasteiger partial charge in [-0.05, 0) is 36.2 Å². The molecule has 1 atom stereocenters. The van der Waals surface area contributed by atoms with E-state index in [-0.39, 0.29) is 6.04 Å². The molecule has 0 aliphatic heterocycles. The van der Waals surface area contributed by atoms with Crippen molar-refractivity contribution >= 4 is 49.1 Å². The third kappa shape index (κ3) is 4.10. The van der Waals surface area contributed by atoms with Gasteiger partial charge in [-0.15, -0.1) is 11.3 Å². The van der Waals surface area contributed by atoms with Gasteiger partial charge in [0, 0.05) is 40.6 Å². The largest absolute Gasteiger partial charge is 0.367 e.